The van der Waals surface area contributed by atoms with Gasteiger partial charge in [0.05, 0.1) is 11.7 Å². The quantitative estimate of drug-likeness (QED) is 0.250. The van der Waals surface area contributed by atoms with Crippen molar-refractivity contribution < 1.29 is 28.6 Å². The molecule has 184 valence electrons. The van der Waals surface area contributed by atoms with Crippen molar-refractivity contribution in [3.8, 4) is 0 Å². The molecule has 2 N–H and O–H groups in total. The molecule has 0 spiro atoms. The third kappa shape index (κ3) is 9.14. The van der Waals surface area contributed by atoms with Crippen LogP contribution in [0.2, 0.25) is 0 Å². The molecule has 1 heterocycles. The third-order valence-electron chi connectivity index (χ3n) is 6.36. The number of hydrogen-bond donors (Lipinski definition) is 2. The number of amides is 2. The highest BCUT2D eigenvalue weighted by Gasteiger charge is 2.40. The van der Waals surface area contributed by atoms with Crippen molar-refractivity contribution in [2.75, 3.05) is 26.3 Å². The number of esters is 1. The van der Waals surface area contributed by atoms with E-state index in [-0.39, 0.29) is 42.7 Å². The van der Waals surface area contributed by atoms with Gasteiger partial charge in [0.1, 0.15) is 6.61 Å². The molecule has 8 nitrogen and oxygen atoms in total. The molecule has 2 rings (SSSR count). The molecule has 2 amide bonds. The van der Waals surface area contributed by atoms with Crippen LogP contribution >= 0.6 is 0 Å². The first-order valence-electron chi connectivity index (χ1n) is 11.9. The van der Waals surface area contributed by atoms with E-state index in [0.717, 1.165) is 12.8 Å². The van der Waals surface area contributed by atoms with Gasteiger partial charge in [-0.05, 0) is 43.2 Å². The zero-order chi connectivity index (χ0) is 24.1. The highest BCUT2D eigenvalue weighted by molar-refractivity contribution is 5.89. The number of ether oxygens (including phenoxy) is 3. The Balaban J connectivity index is 1.68. The second kappa shape index (κ2) is 14.6. The Labute approximate surface area is 196 Å². The summed E-state index contributed by atoms with van der Waals surface area (Å²) in [5, 5.41) is 5.40. The second-order valence-electron chi connectivity index (χ2n) is 8.69. The minimum Gasteiger partial charge on any atom is -0.459 e. The van der Waals surface area contributed by atoms with E-state index >= 15 is 0 Å². The Morgan fingerprint density at radius 1 is 1.00 bits per heavy atom. The van der Waals surface area contributed by atoms with Gasteiger partial charge in [-0.1, -0.05) is 39.0 Å². The molecule has 8 heteroatoms. The zero-order valence-electron chi connectivity index (χ0n) is 20.0. The van der Waals surface area contributed by atoms with E-state index in [1.807, 2.05) is 6.07 Å². The summed E-state index contributed by atoms with van der Waals surface area (Å²) < 4.78 is 17.7. The van der Waals surface area contributed by atoms with Gasteiger partial charge >= 0.3 is 5.97 Å². The highest BCUT2D eigenvalue weighted by Crippen LogP contribution is 2.35. The number of rotatable bonds is 14. The van der Waals surface area contributed by atoms with E-state index in [4.69, 9.17) is 14.2 Å². The predicted octanol–water partition coefficient (Wildman–Crippen LogP) is 2.92. The Kier molecular flexibility index (Phi) is 11.9. The summed E-state index contributed by atoms with van der Waals surface area (Å²) in [6, 6.07) is 8.93. The average molecular weight is 463 g/mol. The van der Waals surface area contributed by atoms with Crippen LogP contribution in [-0.4, -0.2) is 57.0 Å². The van der Waals surface area contributed by atoms with Gasteiger partial charge in [0.2, 0.25) is 12.3 Å². The van der Waals surface area contributed by atoms with Crippen molar-refractivity contribution in [3.63, 3.8) is 0 Å². The Morgan fingerprint density at radius 3 is 2.48 bits per heavy atom. The first-order valence-corrected chi connectivity index (χ1v) is 11.9. The fourth-order valence-corrected chi connectivity index (χ4v) is 3.84. The Bertz CT molecular complexity index is 729. The van der Waals surface area contributed by atoms with Crippen LogP contribution in [0.5, 0.6) is 0 Å². The minimum absolute atomic E-state index is 0.00568. The lowest BCUT2D eigenvalue weighted by Gasteiger charge is -2.43. The smallest absolute Gasteiger partial charge is 0.338 e. The molecule has 0 bridgehead atoms. The van der Waals surface area contributed by atoms with E-state index < -0.39 is 0 Å². The summed E-state index contributed by atoms with van der Waals surface area (Å²) in [5.41, 5.74) is 0.525. The van der Waals surface area contributed by atoms with Gasteiger partial charge in [0, 0.05) is 32.0 Å². The first-order chi connectivity index (χ1) is 15.9. The lowest BCUT2D eigenvalue weighted by atomic mass is 9.79. The molecule has 1 saturated heterocycles. The monoisotopic (exact) mass is 462 g/mol. The predicted molar refractivity (Wildman–Crippen MR) is 124 cm³/mol. The molecule has 33 heavy (non-hydrogen) atoms. The van der Waals surface area contributed by atoms with Crippen LogP contribution in [0.25, 0.3) is 0 Å². The van der Waals surface area contributed by atoms with Crippen LogP contribution < -0.4 is 10.6 Å². The van der Waals surface area contributed by atoms with E-state index in [1.165, 1.54) is 0 Å². The van der Waals surface area contributed by atoms with Crippen LogP contribution in [0, 0.1) is 17.8 Å². The van der Waals surface area contributed by atoms with Gasteiger partial charge < -0.3 is 24.8 Å². The van der Waals surface area contributed by atoms with Crippen molar-refractivity contribution >= 4 is 18.3 Å². The topological polar surface area (TPSA) is 103 Å². The summed E-state index contributed by atoms with van der Waals surface area (Å²) in [6.07, 6.45) is 2.69. The van der Waals surface area contributed by atoms with Gasteiger partial charge in [-0.25, -0.2) is 4.79 Å². The summed E-state index contributed by atoms with van der Waals surface area (Å²) in [7, 11) is 0. The maximum Gasteiger partial charge on any atom is 0.338 e. The summed E-state index contributed by atoms with van der Waals surface area (Å²) >= 11 is 0. The molecular weight excluding hydrogens is 424 g/mol. The molecule has 1 aliphatic rings. The maximum absolute atomic E-state index is 12.3. The fraction of sp³-hybridized carbons (Fsp3) is 0.640. The van der Waals surface area contributed by atoms with Crippen LogP contribution in [-0.2, 0) is 23.8 Å². The van der Waals surface area contributed by atoms with Gasteiger partial charge in [-0.2, -0.15) is 0 Å². The summed E-state index contributed by atoms with van der Waals surface area (Å²) in [6.45, 7) is 8.21. The number of hydrogen-bond acceptors (Lipinski definition) is 6. The van der Waals surface area contributed by atoms with Crippen molar-refractivity contribution in [2.45, 2.75) is 58.8 Å². The van der Waals surface area contributed by atoms with Gasteiger partial charge in [0.15, 0.2) is 6.29 Å². The highest BCUT2D eigenvalue weighted by atomic mass is 16.7. The van der Waals surface area contributed by atoms with Crippen LogP contribution in [0.4, 0.5) is 0 Å². The average Bonchev–Trinajstić information content (AvgIpc) is 2.83. The number of nitrogens with one attached hydrogen (secondary N) is 2. The van der Waals surface area contributed by atoms with Crippen molar-refractivity contribution in [3.05, 3.63) is 35.9 Å². The first kappa shape index (κ1) is 26.8. The van der Waals surface area contributed by atoms with Crippen molar-refractivity contribution in [2.24, 2.45) is 17.8 Å². The minimum atomic E-state index is -0.365. The standard InChI is InChI=1S/C25H38N2O6/c1-18-19(2)22(16-32-24(30)21-10-5-4-6-11-21)33-25(20(18)3)31-15-8-7-12-23(29)27-14-9-13-26-17-28/h4-6,10-11,17-20,22,25H,7-9,12-16H2,1-3H3,(H,26,28)(H,27,29). The molecule has 1 aromatic carbocycles. The van der Waals surface area contributed by atoms with Crippen molar-refractivity contribution in [1.82, 2.24) is 10.6 Å². The molecule has 5 atom stereocenters. The largest absolute Gasteiger partial charge is 0.459 e. The van der Waals surface area contributed by atoms with Crippen LogP contribution in [0.1, 0.15) is 56.8 Å². The molecular formula is C25H38N2O6. The van der Waals surface area contributed by atoms with E-state index in [1.54, 1.807) is 24.3 Å². The summed E-state index contributed by atoms with van der Waals surface area (Å²) in [4.78, 5) is 34.3. The maximum atomic E-state index is 12.3. The molecule has 0 aromatic heterocycles. The molecule has 1 aliphatic heterocycles. The molecule has 0 saturated carbocycles. The van der Waals surface area contributed by atoms with E-state index in [9.17, 15) is 14.4 Å². The van der Waals surface area contributed by atoms with Gasteiger partial charge in [-0.15, -0.1) is 0 Å². The molecule has 1 fully saturated rings. The molecule has 1 aromatic rings. The second-order valence-corrected chi connectivity index (χ2v) is 8.69. The lowest BCUT2D eigenvalue weighted by molar-refractivity contribution is -0.254. The normalized spacial score (nSPS) is 24.6. The van der Waals surface area contributed by atoms with Crippen LogP contribution in [0.3, 0.4) is 0 Å². The molecule has 5 unspecified atom stereocenters. The number of benzene rings is 1. The van der Waals surface area contributed by atoms with Crippen LogP contribution in [0.15, 0.2) is 30.3 Å². The molecule has 0 radical (unpaired) electrons. The Morgan fingerprint density at radius 2 is 1.76 bits per heavy atom. The number of carbonyl (C=O) groups is 3. The van der Waals surface area contributed by atoms with Crippen molar-refractivity contribution in [1.29, 1.82) is 0 Å². The lowest BCUT2D eigenvalue weighted by Crippen LogP contribution is -2.48. The van der Waals surface area contributed by atoms with E-state index in [2.05, 4.69) is 31.4 Å². The molecule has 0 aliphatic carbocycles. The van der Waals surface area contributed by atoms with Gasteiger partial charge in [-0.3, -0.25) is 9.59 Å². The van der Waals surface area contributed by atoms with E-state index in [0.29, 0.717) is 50.4 Å². The SMILES string of the molecule is CC1C(COC(=O)c2ccccc2)OC(OCCCCC(=O)NCCCNC=O)C(C)C1C. The van der Waals surface area contributed by atoms with Gasteiger partial charge in [0.25, 0.3) is 0 Å². The number of carbonyl (C=O) groups excluding carboxylic acids is 3. The zero-order valence-corrected chi connectivity index (χ0v) is 20.0. The third-order valence-corrected chi connectivity index (χ3v) is 6.36. The Hall–Kier alpha value is -2.45. The summed E-state index contributed by atoms with van der Waals surface area (Å²) in [5.74, 6) is 0.446. The number of unbranched alkanes of at least 4 members (excludes halogenated alkanes) is 1. The fourth-order valence-electron chi connectivity index (χ4n) is 3.84.